The Morgan fingerprint density at radius 2 is 2.14 bits per heavy atom. The van der Waals surface area contributed by atoms with Crippen LogP contribution in [0.3, 0.4) is 0 Å². The predicted octanol–water partition coefficient (Wildman–Crippen LogP) is 1.56. The standard InChI is InChI=1S/C15H12N4O3/c20-13-15(10-2-1-3-16-12(10)19-13)5-8-4-11(18-14(21)22)17-7-9(8)6-15/h1-4,7H,5-6H2,(H,17,18)(H,21,22)(H,16,19,20). The lowest BCUT2D eigenvalue weighted by molar-refractivity contribution is -0.120. The molecule has 2 amide bonds. The predicted molar refractivity (Wildman–Crippen MR) is 77.8 cm³/mol. The van der Waals surface area contributed by atoms with Crippen molar-refractivity contribution in [3.8, 4) is 0 Å². The second-order valence-electron chi connectivity index (χ2n) is 5.56. The Labute approximate surface area is 125 Å². The Kier molecular flexibility index (Phi) is 2.47. The molecular weight excluding hydrogens is 284 g/mol. The van der Waals surface area contributed by atoms with Crippen LogP contribution in [0.2, 0.25) is 0 Å². The van der Waals surface area contributed by atoms with Gasteiger partial charge in [0.25, 0.3) is 0 Å². The van der Waals surface area contributed by atoms with Crippen LogP contribution >= 0.6 is 0 Å². The molecule has 110 valence electrons. The first-order valence-corrected chi connectivity index (χ1v) is 6.83. The lowest BCUT2D eigenvalue weighted by Crippen LogP contribution is -2.35. The molecule has 2 aromatic heterocycles. The number of amides is 2. The molecule has 0 fully saturated rings. The van der Waals surface area contributed by atoms with E-state index in [1.54, 1.807) is 18.5 Å². The quantitative estimate of drug-likeness (QED) is 0.740. The number of carboxylic acid groups (broad SMARTS) is 1. The van der Waals surface area contributed by atoms with Gasteiger partial charge in [-0.3, -0.25) is 10.1 Å². The molecule has 1 aliphatic carbocycles. The number of aromatic nitrogens is 2. The number of pyridine rings is 2. The van der Waals surface area contributed by atoms with E-state index in [-0.39, 0.29) is 11.7 Å². The second-order valence-corrected chi connectivity index (χ2v) is 5.56. The number of hydrogen-bond donors (Lipinski definition) is 3. The SMILES string of the molecule is O=C(O)Nc1cc2c(cn1)CC1(C2)C(=O)Nc2ncccc21. The van der Waals surface area contributed by atoms with Gasteiger partial charge in [0, 0.05) is 18.0 Å². The molecule has 22 heavy (non-hydrogen) atoms. The summed E-state index contributed by atoms with van der Waals surface area (Å²) >= 11 is 0. The van der Waals surface area contributed by atoms with E-state index in [9.17, 15) is 9.59 Å². The number of fused-ring (bicyclic) bond motifs is 3. The monoisotopic (exact) mass is 296 g/mol. The van der Waals surface area contributed by atoms with Gasteiger partial charge in [0.1, 0.15) is 11.6 Å². The average molecular weight is 296 g/mol. The third kappa shape index (κ3) is 1.68. The van der Waals surface area contributed by atoms with E-state index in [1.807, 2.05) is 12.1 Å². The Bertz CT molecular complexity index is 820. The van der Waals surface area contributed by atoms with Crippen molar-refractivity contribution in [2.24, 2.45) is 0 Å². The van der Waals surface area contributed by atoms with Gasteiger partial charge in [-0.15, -0.1) is 0 Å². The molecule has 1 spiro atoms. The first-order valence-electron chi connectivity index (χ1n) is 6.83. The van der Waals surface area contributed by atoms with Crippen molar-refractivity contribution < 1.29 is 14.7 Å². The van der Waals surface area contributed by atoms with Gasteiger partial charge < -0.3 is 10.4 Å². The van der Waals surface area contributed by atoms with Crippen LogP contribution in [0.5, 0.6) is 0 Å². The molecular formula is C15H12N4O3. The van der Waals surface area contributed by atoms with Crippen LogP contribution in [-0.4, -0.2) is 27.1 Å². The zero-order chi connectivity index (χ0) is 15.3. The van der Waals surface area contributed by atoms with Crippen LogP contribution in [0.1, 0.15) is 16.7 Å². The van der Waals surface area contributed by atoms with E-state index in [0.29, 0.717) is 18.7 Å². The average Bonchev–Trinajstić information content (AvgIpc) is 2.98. The topological polar surface area (TPSA) is 104 Å². The molecule has 7 heteroatoms. The lowest BCUT2D eigenvalue weighted by atomic mass is 9.79. The summed E-state index contributed by atoms with van der Waals surface area (Å²) in [6, 6.07) is 5.43. The van der Waals surface area contributed by atoms with Crippen LogP contribution in [0.15, 0.2) is 30.6 Å². The van der Waals surface area contributed by atoms with Crippen LogP contribution in [0.25, 0.3) is 0 Å². The fourth-order valence-corrected chi connectivity index (χ4v) is 3.33. The molecule has 7 nitrogen and oxygen atoms in total. The fraction of sp³-hybridized carbons (Fsp3) is 0.200. The van der Waals surface area contributed by atoms with Crippen molar-refractivity contribution in [2.75, 3.05) is 10.6 Å². The van der Waals surface area contributed by atoms with Crippen LogP contribution in [-0.2, 0) is 23.1 Å². The molecule has 3 heterocycles. The first kappa shape index (κ1) is 12.8. The maximum atomic E-state index is 12.5. The molecule has 1 atom stereocenters. The fourth-order valence-electron chi connectivity index (χ4n) is 3.33. The number of nitrogens with zero attached hydrogens (tertiary/aromatic N) is 2. The zero-order valence-corrected chi connectivity index (χ0v) is 11.5. The van der Waals surface area contributed by atoms with Crippen LogP contribution < -0.4 is 10.6 Å². The van der Waals surface area contributed by atoms with Crippen LogP contribution in [0, 0.1) is 0 Å². The summed E-state index contributed by atoms with van der Waals surface area (Å²) in [6.07, 6.45) is 3.19. The number of nitrogens with one attached hydrogen (secondary N) is 2. The summed E-state index contributed by atoms with van der Waals surface area (Å²) < 4.78 is 0. The van der Waals surface area contributed by atoms with Gasteiger partial charge in [-0.05, 0) is 36.1 Å². The molecule has 2 aromatic rings. The number of carbonyl (C=O) groups excluding carboxylic acids is 1. The Morgan fingerprint density at radius 3 is 2.95 bits per heavy atom. The van der Waals surface area contributed by atoms with E-state index >= 15 is 0 Å². The molecule has 0 saturated heterocycles. The van der Waals surface area contributed by atoms with E-state index in [2.05, 4.69) is 20.6 Å². The second kappa shape index (κ2) is 4.27. The minimum absolute atomic E-state index is 0.0647. The third-order valence-electron chi connectivity index (χ3n) is 4.29. The highest BCUT2D eigenvalue weighted by Gasteiger charge is 2.51. The van der Waals surface area contributed by atoms with Gasteiger partial charge >= 0.3 is 6.09 Å². The molecule has 1 unspecified atom stereocenters. The molecule has 0 radical (unpaired) electrons. The van der Waals surface area contributed by atoms with E-state index in [1.165, 1.54) is 0 Å². The maximum Gasteiger partial charge on any atom is 0.410 e. The van der Waals surface area contributed by atoms with Crippen molar-refractivity contribution >= 4 is 23.6 Å². The van der Waals surface area contributed by atoms with Gasteiger partial charge in [0.2, 0.25) is 5.91 Å². The summed E-state index contributed by atoms with van der Waals surface area (Å²) in [7, 11) is 0. The summed E-state index contributed by atoms with van der Waals surface area (Å²) in [5.74, 6) is 0.815. The highest BCUT2D eigenvalue weighted by Crippen LogP contribution is 2.46. The molecule has 1 aliphatic heterocycles. The Hall–Kier alpha value is -2.96. The van der Waals surface area contributed by atoms with Gasteiger partial charge in [0.05, 0.1) is 5.41 Å². The Morgan fingerprint density at radius 1 is 1.32 bits per heavy atom. The maximum absolute atomic E-state index is 12.5. The van der Waals surface area contributed by atoms with Crippen molar-refractivity contribution in [3.05, 3.63) is 47.3 Å². The molecule has 2 aliphatic rings. The normalized spacial score (nSPS) is 21.4. The number of rotatable bonds is 1. The smallest absolute Gasteiger partial charge is 0.410 e. The van der Waals surface area contributed by atoms with E-state index in [4.69, 9.17) is 5.11 Å². The minimum Gasteiger partial charge on any atom is -0.465 e. The zero-order valence-electron chi connectivity index (χ0n) is 11.5. The summed E-state index contributed by atoms with van der Waals surface area (Å²) in [5.41, 5.74) is 2.13. The van der Waals surface area contributed by atoms with Crippen LogP contribution in [0.4, 0.5) is 16.4 Å². The van der Waals surface area contributed by atoms with E-state index < -0.39 is 11.5 Å². The molecule has 0 bridgehead atoms. The molecule has 0 saturated carbocycles. The first-order chi connectivity index (χ1) is 10.6. The van der Waals surface area contributed by atoms with Crippen molar-refractivity contribution in [2.45, 2.75) is 18.3 Å². The Balaban J connectivity index is 1.75. The van der Waals surface area contributed by atoms with Crippen molar-refractivity contribution in [3.63, 3.8) is 0 Å². The number of anilines is 2. The van der Waals surface area contributed by atoms with Gasteiger partial charge in [0.15, 0.2) is 0 Å². The van der Waals surface area contributed by atoms with Gasteiger partial charge in [-0.1, -0.05) is 6.07 Å². The third-order valence-corrected chi connectivity index (χ3v) is 4.29. The highest BCUT2D eigenvalue weighted by atomic mass is 16.4. The van der Waals surface area contributed by atoms with Gasteiger partial charge in [-0.2, -0.15) is 0 Å². The lowest BCUT2D eigenvalue weighted by Gasteiger charge is -2.20. The number of carbonyl (C=O) groups is 2. The van der Waals surface area contributed by atoms with Crippen molar-refractivity contribution in [1.29, 1.82) is 0 Å². The molecule has 0 aromatic carbocycles. The molecule has 4 rings (SSSR count). The summed E-state index contributed by atoms with van der Waals surface area (Å²) in [6.45, 7) is 0. The minimum atomic E-state index is -1.16. The molecule has 3 N–H and O–H groups in total. The highest BCUT2D eigenvalue weighted by molar-refractivity contribution is 6.06. The summed E-state index contributed by atoms with van der Waals surface area (Å²) in [4.78, 5) is 31.5. The van der Waals surface area contributed by atoms with Gasteiger partial charge in [-0.25, -0.2) is 14.8 Å². The van der Waals surface area contributed by atoms with Crippen molar-refractivity contribution in [1.82, 2.24) is 9.97 Å². The summed E-state index contributed by atoms with van der Waals surface area (Å²) in [5, 5.41) is 13.8. The number of hydrogen-bond acceptors (Lipinski definition) is 4. The largest absolute Gasteiger partial charge is 0.465 e. The van der Waals surface area contributed by atoms with E-state index in [0.717, 1.165) is 16.7 Å².